The van der Waals surface area contributed by atoms with E-state index in [1.165, 1.54) is 18.2 Å². The molecule has 0 amide bonds. The first-order valence-electron chi connectivity index (χ1n) is 4.77. The minimum atomic E-state index is -4.06. The summed E-state index contributed by atoms with van der Waals surface area (Å²) in [5.74, 6) is -1.24. The maximum Gasteiger partial charge on any atom is 0.335 e. The molecule has 1 N–H and O–H groups in total. The number of sulfone groups is 1. The minimum absolute atomic E-state index is 0.162. The third-order valence-electron chi connectivity index (χ3n) is 2.11. The summed E-state index contributed by atoms with van der Waals surface area (Å²) >= 11 is 5.47. The number of benzene rings is 1. The number of halogens is 1. The predicted octanol–water partition coefficient (Wildman–Crippen LogP) is 0.856. The highest BCUT2D eigenvalue weighted by molar-refractivity contribution is 7.91. The summed E-state index contributed by atoms with van der Waals surface area (Å²) in [5.41, 5.74) is -0.162. The number of aromatic nitrogens is 3. The van der Waals surface area contributed by atoms with Gasteiger partial charge in [-0.05, 0) is 29.8 Å². The first-order valence-corrected chi connectivity index (χ1v) is 6.63. The number of rotatable bonds is 3. The number of hydrogen-bond acceptors (Lipinski definition) is 6. The topological polar surface area (TPSA) is 110 Å². The molecule has 1 heterocycles. The standard InChI is InChI=1S/C10H5ClN3O4S/c11-9-12-5-13-10(14-9)19(17,18)7-3-1-2-6(4-7)8(15)16/h1-4H,(H,15,16). The molecule has 0 aliphatic heterocycles. The normalized spacial score (nSPS) is 11.2. The van der Waals surface area contributed by atoms with Crippen LogP contribution in [0.15, 0.2) is 34.3 Å². The Bertz CT molecular complexity index is 748. The van der Waals surface area contributed by atoms with Crippen molar-refractivity contribution in [3.05, 3.63) is 41.4 Å². The first-order chi connectivity index (χ1) is 8.91. The summed E-state index contributed by atoms with van der Waals surface area (Å²) < 4.78 is 24.3. The van der Waals surface area contributed by atoms with E-state index in [2.05, 4.69) is 21.3 Å². The Labute approximate surface area is 112 Å². The fraction of sp³-hybridized carbons (Fsp3) is 0. The molecule has 0 fully saturated rings. The Hall–Kier alpha value is -2.06. The summed E-state index contributed by atoms with van der Waals surface area (Å²) in [6.07, 6.45) is 2.05. The predicted molar refractivity (Wildman–Crippen MR) is 62.5 cm³/mol. The van der Waals surface area contributed by atoms with Gasteiger partial charge in [-0.15, -0.1) is 0 Å². The highest BCUT2D eigenvalue weighted by atomic mass is 35.5. The Morgan fingerprint density at radius 2 is 2.05 bits per heavy atom. The first kappa shape index (κ1) is 13.4. The molecule has 1 aromatic carbocycles. The molecule has 0 saturated carbocycles. The van der Waals surface area contributed by atoms with Crippen molar-refractivity contribution in [1.29, 1.82) is 0 Å². The third-order valence-corrected chi connectivity index (χ3v) is 3.81. The van der Waals surface area contributed by atoms with E-state index in [-0.39, 0.29) is 15.7 Å². The summed E-state index contributed by atoms with van der Waals surface area (Å²) in [6.45, 7) is 0. The van der Waals surface area contributed by atoms with Gasteiger partial charge in [0.05, 0.1) is 10.5 Å². The quantitative estimate of drug-likeness (QED) is 0.894. The van der Waals surface area contributed by atoms with E-state index in [0.717, 1.165) is 6.07 Å². The molecule has 7 nitrogen and oxygen atoms in total. The van der Waals surface area contributed by atoms with Crippen molar-refractivity contribution in [3.8, 4) is 0 Å². The number of hydrogen-bond donors (Lipinski definition) is 1. The summed E-state index contributed by atoms with van der Waals surface area (Å²) in [6, 6.07) is 4.82. The van der Waals surface area contributed by atoms with E-state index in [9.17, 15) is 13.2 Å². The Morgan fingerprint density at radius 3 is 2.68 bits per heavy atom. The van der Waals surface area contributed by atoms with Crippen LogP contribution in [0.5, 0.6) is 0 Å². The van der Waals surface area contributed by atoms with E-state index < -0.39 is 21.0 Å². The lowest BCUT2D eigenvalue weighted by Crippen LogP contribution is -2.09. The van der Waals surface area contributed by atoms with Gasteiger partial charge in [-0.25, -0.2) is 13.2 Å². The Kier molecular flexibility index (Phi) is 3.45. The second-order valence-electron chi connectivity index (χ2n) is 3.32. The van der Waals surface area contributed by atoms with Gasteiger partial charge in [0.25, 0.3) is 5.16 Å². The number of aromatic carboxylic acids is 1. The van der Waals surface area contributed by atoms with Gasteiger partial charge in [0.2, 0.25) is 21.4 Å². The summed E-state index contributed by atoms with van der Waals surface area (Å²) in [5, 5.41) is 7.92. The monoisotopic (exact) mass is 298 g/mol. The van der Waals surface area contributed by atoms with Crippen molar-refractivity contribution in [1.82, 2.24) is 15.0 Å². The van der Waals surface area contributed by atoms with Gasteiger partial charge < -0.3 is 5.11 Å². The van der Waals surface area contributed by atoms with Crippen LogP contribution in [0.2, 0.25) is 5.28 Å². The van der Waals surface area contributed by atoms with E-state index in [4.69, 9.17) is 16.7 Å². The van der Waals surface area contributed by atoms with Crippen LogP contribution in [0.3, 0.4) is 0 Å². The molecule has 9 heteroatoms. The molecule has 1 radical (unpaired) electrons. The fourth-order valence-corrected chi connectivity index (χ4v) is 2.55. The van der Waals surface area contributed by atoms with Crippen molar-refractivity contribution < 1.29 is 18.3 Å². The number of carboxylic acid groups (broad SMARTS) is 1. The Morgan fingerprint density at radius 1 is 1.32 bits per heavy atom. The van der Waals surface area contributed by atoms with Gasteiger partial charge in [0.15, 0.2) is 0 Å². The van der Waals surface area contributed by atoms with Gasteiger partial charge in [0.1, 0.15) is 0 Å². The molecule has 0 saturated heterocycles. The van der Waals surface area contributed by atoms with Crippen LogP contribution in [-0.2, 0) is 9.84 Å². The number of carboxylic acids is 1. The average molecular weight is 299 g/mol. The Balaban J connectivity index is 2.57. The van der Waals surface area contributed by atoms with Crippen LogP contribution in [0.4, 0.5) is 0 Å². The average Bonchev–Trinajstić information content (AvgIpc) is 2.39. The van der Waals surface area contributed by atoms with Crippen LogP contribution in [-0.4, -0.2) is 34.4 Å². The third kappa shape index (κ3) is 2.69. The maximum absolute atomic E-state index is 12.1. The summed E-state index contributed by atoms with van der Waals surface area (Å²) in [4.78, 5) is 20.8. The minimum Gasteiger partial charge on any atom is -0.478 e. The van der Waals surface area contributed by atoms with Crippen molar-refractivity contribution in [2.24, 2.45) is 0 Å². The molecule has 2 aromatic rings. The van der Waals surface area contributed by atoms with Crippen LogP contribution < -0.4 is 0 Å². The zero-order valence-electron chi connectivity index (χ0n) is 9.11. The maximum atomic E-state index is 12.1. The second-order valence-corrected chi connectivity index (χ2v) is 5.50. The van der Waals surface area contributed by atoms with E-state index in [0.29, 0.717) is 0 Å². The van der Waals surface area contributed by atoms with E-state index >= 15 is 0 Å². The molecule has 0 unspecified atom stereocenters. The molecular formula is C10H5ClN3O4S. The van der Waals surface area contributed by atoms with Gasteiger partial charge in [-0.1, -0.05) is 6.07 Å². The van der Waals surface area contributed by atoms with Crippen LogP contribution in [0.25, 0.3) is 0 Å². The molecule has 97 valence electrons. The zero-order chi connectivity index (χ0) is 14.0. The smallest absolute Gasteiger partial charge is 0.335 e. The van der Waals surface area contributed by atoms with Gasteiger partial charge in [-0.3, -0.25) is 0 Å². The second kappa shape index (κ2) is 4.90. The molecule has 0 atom stereocenters. The highest BCUT2D eigenvalue weighted by Crippen LogP contribution is 2.18. The van der Waals surface area contributed by atoms with E-state index in [1.54, 1.807) is 0 Å². The SMILES string of the molecule is O=C(O)c1cccc(S(=O)(=O)c2n[c]nc(Cl)n2)c1. The largest absolute Gasteiger partial charge is 0.478 e. The lowest BCUT2D eigenvalue weighted by Gasteiger charge is -2.03. The van der Waals surface area contributed by atoms with Gasteiger partial charge >= 0.3 is 5.97 Å². The lowest BCUT2D eigenvalue weighted by molar-refractivity contribution is 0.0696. The van der Waals surface area contributed by atoms with Crippen molar-refractivity contribution in [3.63, 3.8) is 0 Å². The zero-order valence-corrected chi connectivity index (χ0v) is 10.7. The molecule has 2 rings (SSSR count). The number of carbonyl (C=O) groups is 1. The molecule has 0 aliphatic rings. The molecule has 0 bridgehead atoms. The molecule has 19 heavy (non-hydrogen) atoms. The molecular weight excluding hydrogens is 294 g/mol. The molecule has 0 spiro atoms. The molecule has 0 aliphatic carbocycles. The molecule has 1 aromatic heterocycles. The lowest BCUT2D eigenvalue weighted by atomic mass is 10.2. The van der Waals surface area contributed by atoms with E-state index in [1.807, 2.05) is 0 Å². The van der Waals surface area contributed by atoms with Crippen molar-refractivity contribution in [2.45, 2.75) is 10.1 Å². The fourth-order valence-electron chi connectivity index (χ4n) is 1.26. The van der Waals surface area contributed by atoms with Crippen LogP contribution in [0.1, 0.15) is 10.4 Å². The van der Waals surface area contributed by atoms with Gasteiger partial charge in [-0.2, -0.15) is 15.0 Å². The van der Waals surface area contributed by atoms with Crippen molar-refractivity contribution in [2.75, 3.05) is 0 Å². The van der Waals surface area contributed by atoms with Crippen LogP contribution >= 0.6 is 11.6 Å². The van der Waals surface area contributed by atoms with Crippen molar-refractivity contribution >= 4 is 27.4 Å². The summed E-state index contributed by atoms with van der Waals surface area (Å²) in [7, 11) is -4.06. The van der Waals surface area contributed by atoms with Gasteiger partial charge in [0, 0.05) is 0 Å². The highest BCUT2D eigenvalue weighted by Gasteiger charge is 2.22. The number of nitrogens with zero attached hydrogens (tertiary/aromatic N) is 3. The van der Waals surface area contributed by atoms with Crippen LogP contribution in [0, 0.1) is 6.33 Å².